The fourth-order valence-electron chi connectivity index (χ4n) is 5.14. The third-order valence-corrected chi connectivity index (χ3v) is 12.1. The number of rotatable bonds is 10. The van der Waals surface area contributed by atoms with E-state index in [-0.39, 0.29) is 0 Å². The quantitative estimate of drug-likeness (QED) is 0.196. The molecule has 0 radical (unpaired) electrons. The van der Waals surface area contributed by atoms with Gasteiger partial charge in [0.15, 0.2) is 11.4 Å². The number of fused-ring (bicyclic) bond motifs is 1. The fraction of sp³-hybridized carbons (Fsp3) is 0.188. The Balaban J connectivity index is 1.20. The van der Waals surface area contributed by atoms with Gasteiger partial charge in [0, 0.05) is 25.2 Å². The SMILES string of the molecule is c1ccc(P(CCn2n[n+](CCP(c3ccccc3)c3ccccc3)c3c2CC3)c2ccccc2)cc1. The first-order valence-corrected chi connectivity index (χ1v) is 16.2. The molecule has 0 bridgehead atoms. The van der Waals surface area contributed by atoms with Gasteiger partial charge in [-0.3, -0.25) is 0 Å². The van der Waals surface area contributed by atoms with Crippen molar-refractivity contribution in [2.24, 2.45) is 0 Å². The average molecular weight is 521 g/mol. The predicted octanol–water partition coefficient (Wildman–Crippen LogP) is 4.54. The van der Waals surface area contributed by atoms with Crippen LogP contribution in [0.5, 0.6) is 0 Å². The van der Waals surface area contributed by atoms with E-state index in [4.69, 9.17) is 5.21 Å². The third-order valence-electron chi connectivity index (χ3n) is 7.11. The van der Waals surface area contributed by atoms with Crippen LogP contribution in [0.4, 0.5) is 0 Å². The van der Waals surface area contributed by atoms with Crippen LogP contribution in [0, 0.1) is 0 Å². The monoisotopic (exact) mass is 520 g/mol. The van der Waals surface area contributed by atoms with Gasteiger partial charge in [-0.25, -0.2) is 0 Å². The van der Waals surface area contributed by atoms with Gasteiger partial charge in [-0.1, -0.05) is 121 Å². The molecule has 0 aliphatic heterocycles. The van der Waals surface area contributed by atoms with Crippen molar-refractivity contribution in [1.29, 1.82) is 0 Å². The molecule has 1 aliphatic carbocycles. The summed E-state index contributed by atoms with van der Waals surface area (Å²) in [6.45, 7) is 1.94. The molecular formula is C32H32N3P2+. The van der Waals surface area contributed by atoms with Gasteiger partial charge in [0.1, 0.15) is 13.1 Å². The Kier molecular flexibility index (Phi) is 7.54. The Bertz CT molecular complexity index is 1230. The molecule has 0 saturated heterocycles. The molecule has 6 rings (SSSR count). The van der Waals surface area contributed by atoms with Gasteiger partial charge in [0.2, 0.25) is 0 Å². The summed E-state index contributed by atoms with van der Waals surface area (Å²) >= 11 is 0. The molecule has 0 amide bonds. The maximum absolute atomic E-state index is 5.14. The Morgan fingerprint density at radius 3 is 1.41 bits per heavy atom. The second-order valence-electron chi connectivity index (χ2n) is 9.37. The lowest BCUT2D eigenvalue weighted by molar-refractivity contribution is -0.758. The first-order chi connectivity index (χ1) is 18.4. The number of hydrogen-bond donors (Lipinski definition) is 0. The molecule has 1 aromatic heterocycles. The molecule has 0 saturated carbocycles. The minimum Gasteiger partial charge on any atom is -0.134 e. The Morgan fingerprint density at radius 1 is 0.568 bits per heavy atom. The van der Waals surface area contributed by atoms with E-state index in [9.17, 15) is 0 Å². The van der Waals surface area contributed by atoms with Crippen molar-refractivity contribution in [3.8, 4) is 0 Å². The van der Waals surface area contributed by atoms with Gasteiger partial charge in [-0.15, -0.1) is 9.36 Å². The van der Waals surface area contributed by atoms with Gasteiger partial charge >= 0.3 is 0 Å². The lowest BCUT2D eigenvalue weighted by Gasteiger charge is -2.18. The molecule has 37 heavy (non-hydrogen) atoms. The van der Waals surface area contributed by atoms with Crippen molar-refractivity contribution < 1.29 is 4.68 Å². The summed E-state index contributed by atoms with van der Waals surface area (Å²) in [6, 6.07) is 44.1. The van der Waals surface area contributed by atoms with Crippen LogP contribution in [0.2, 0.25) is 0 Å². The molecule has 1 heterocycles. The first kappa shape index (κ1) is 24.2. The van der Waals surface area contributed by atoms with Crippen LogP contribution in [0.3, 0.4) is 0 Å². The van der Waals surface area contributed by atoms with E-state index in [2.05, 4.69) is 131 Å². The van der Waals surface area contributed by atoms with Crippen LogP contribution in [0.1, 0.15) is 11.4 Å². The van der Waals surface area contributed by atoms with Crippen LogP contribution >= 0.6 is 15.8 Å². The van der Waals surface area contributed by atoms with Crippen molar-refractivity contribution in [2.45, 2.75) is 25.9 Å². The number of nitrogens with zero attached hydrogens (tertiary/aromatic N) is 3. The van der Waals surface area contributed by atoms with Crippen molar-refractivity contribution in [3.63, 3.8) is 0 Å². The summed E-state index contributed by atoms with van der Waals surface area (Å²) in [4.78, 5) is 0. The summed E-state index contributed by atoms with van der Waals surface area (Å²) in [7, 11) is -0.818. The highest BCUT2D eigenvalue weighted by atomic mass is 31.1. The summed E-state index contributed by atoms with van der Waals surface area (Å²) in [6.07, 6.45) is 4.52. The Labute approximate surface area is 222 Å². The molecule has 1 aliphatic rings. The molecule has 3 nitrogen and oxygen atoms in total. The standard InChI is InChI=1S/C32H32N3P2/c1-5-13-27(14-6-1)36(28-15-7-2-8-16-28)25-23-34-31-21-22-32(31)35(33-34)24-26-37(29-17-9-3-10-18-29)30-19-11-4-12-20-30/h1-20H,21-26H2/q+1. The Morgan fingerprint density at radius 2 is 1.00 bits per heavy atom. The Hall–Kier alpha value is -3.12. The maximum Gasteiger partial charge on any atom is 0.171 e. The van der Waals surface area contributed by atoms with Crippen LogP contribution in [0.15, 0.2) is 121 Å². The van der Waals surface area contributed by atoms with E-state index in [1.165, 1.54) is 32.6 Å². The fourth-order valence-corrected chi connectivity index (χ4v) is 9.67. The first-order valence-electron chi connectivity index (χ1n) is 13.1. The zero-order valence-electron chi connectivity index (χ0n) is 21.0. The van der Waals surface area contributed by atoms with Crippen LogP contribution in [0.25, 0.3) is 0 Å². The second kappa shape index (κ2) is 11.5. The lowest BCUT2D eigenvalue weighted by Crippen LogP contribution is -2.44. The molecule has 0 fully saturated rings. The van der Waals surface area contributed by atoms with Crippen molar-refractivity contribution >= 4 is 37.1 Å². The zero-order valence-corrected chi connectivity index (χ0v) is 22.8. The highest BCUT2D eigenvalue weighted by Gasteiger charge is 2.33. The molecule has 0 unspecified atom stereocenters. The lowest BCUT2D eigenvalue weighted by atomic mass is 10.0. The normalized spacial score (nSPS) is 12.5. The third kappa shape index (κ3) is 5.45. The van der Waals surface area contributed by atoms with E-state index in [0.717, 1.165) is 38.3 Å². The molecule has 184 valence electrons. The highest BCUT2D eigenvalue weighted by Crippen LogP contribution is 2.35. The van der Waals surface area contributed by atoms with Gasteiger partial charge < -0.3 is 0 Å². The van der Waals surface area contributed by atoms with Gasteiger partial charge in [-0.2, -0.15) is 0 Å². The smallest absolute Gasteiger partial charge is 0.134 e. The molecular weight excluding hydrogens is 488 g/mol. The molecule has 4 aromatic carbocycles. The van der Waals surface area contributed by atoms with Gasteiger partial charge in [-0.05, 0) is 37.1 Å². The molecule has 5 heteroatoms. The van der Waals surface area contributed by atoms with Crippen LogP contribution in [-0.4, -0.2) is 22.2 Å². The topological polar surface area (TPSA) is 21.7 Å². The van der Waals surface area contributed by atoms with Crippen molar-refractivity contribution in [2.75, 3.05) is 12.3 Å². The average Bonchev–Trinajstić information content (AvgIpc) is 3.18. The predicted molar refractivity (Wildman–Crippen MR) is 158 cm³/mol. The van der Waals surface area contributed by atoms with E-state index in [1.807, 2.05) is 0 Å². The number of aromatic nitrogens is 3. The summed E-state index contributed by atoms with van der Waals surface area (Å²) < 4.78 is 4.63. The van der Waals surface area contributed by atoms with E-state index in [0.29, 0.717) is 0 Å². The summed E-state index contributed by atoms with van der Waals surface area (Å²) in [5.74, 6) is 0. The number of benzene rings is 4. The number of aryl methyl sites for hydroxylation is 2. The molecule has 5 aromatic rings. The zero-order chi connectivity index (χ0) is 24.9. The minimum absolute atomic E-state index is 0.409. The van der Waals surface area contributed by atoms with Crippen molar-refractivity contribution in [1.82, 2.24) is 9.90 Å². The second-order valence-corrected chi connectivity index (χ2v) is 14.0. The molecule has 0 atom stereocenters. The van der Waals surface area contributed by atoms with Gasteiger partial charge in [0.05, 0.1) is 5.21 Å². The van der Waals surface area contributed by atoms with Crippen LogP contribution in [-0.2, 0) is 25.9 Å². The van der Waals surface area contributed by atoms with E-state index < -0.39 is 15.8 Å². The van der Waals surface area contributed by atoms with Crippen LogP contribution < -0.4 is 25.9 Å². The largest absolute Gasteiger partial charge is 0.171 e. The maximum atomic E-state index is 5.14. The minimum atomic E-state index is -0.409. The van der Waals surface area contributed by atoms with E-state index in [1.54, 1.807) is 0 Å². The van der Waals surface area contributed by atoms with Gasteiger partial charge in [0.25, 0.3) is 0 Å². The van der Waals surface area contributed by atoms with E-state index >= 15 is 0 Å². The summed E-state index contributed by atoms with van der Waals surface area (Å²) in [5.41, 5.74) is 2.89. The summed E-state index contributed by atoms with van der Waals surface area (Å²) in [5, 5.41) is 10.9. The molecule has 0 N–H and O–H groups in total. The molecule has 0 spiro atoms. The highest BCUT2D eigenvalue weighted by molar-refractivity contribution is 7.73. The van der Waals surface area contributed by atoms with Crippen molar-refractivity contribution in [3.05, 3.63) is 133 Å². The number of hydrogen-bond acceptors (Lipinski definition) is 1.